The summed E-state index contributed by atoms with van der Waals surface area (Å²) in [5.41, 5.74) is 0. The minimum absolute atomic E-state index is 0. The topological polar surface area (TPSA) is 22.1 Å². The second kappa shape index (κ2) is 7.51. The third-order valence-electron chi connectivity index (χ3n) is 0.789. The number of aromatic nitrogens is 1. The summed E-state index contributed by atoms with van der Waals surface area (Å²) in [5, 5.41) is 0. The van der Waals surface area contributed by atoms with Gasteiger partial charge in [0.05, 0.1) is 0 Å². The standard InChI is InChI=1S/C6H4F2NO.ClH.Mg/c7-6(8)10-5-3-1-2-4-9-5;;/h2-4,6H;1H;/q-1;;+2/p-1. The quantitative estimate of drug-likeness (QED) is 0.414. The SMILES string of the molecule is FC(F)Oc1c[c-]ccn1.[Cl-].[Mg+2]. The Kier molecular flexibility index (Phi) is 9.01. The van der Waals surface area contributed by atoms with Gasteiger partial charge in [-0.2, -0.15) is 20.9 Å². The summed E-state index contributed by atoms with van der Waals surface area (Å²) < 4.78 is 26.8. The van der Waals surface area contributed by atoms with Crippen LogP contribution in [0, 0.1) is 6.07 Å². The van der Waals surface area contributed by atoms with Crippen LogP contribution >= 0.6 is 0 Å². The second-order valence-corrected chi connectivity index (χ2v) is 1.47. The Bertz CT molecular complexity index is 200. The Labute approximate surface area is 90.9 Å². The summed E-state index contributed by atoms with van der Waals surface area (Å²) in [4.78, 5) is 3.49. The molecule has 1 rings (SSSR count). The van der Waals surface area contributed by atoms with E-state index in [0.717, 1.165) is 0 Å². The van der Waals surface area contributed by atoms with E-state index < -0.39 is 6.61 Å². The molecule has 0 spiro atoms. The van der Waals surface area contributed by atoms with E-state index in [-0.39, 0.29) is 41.3 Å². The van der Waals surface area contributed by atoms with Gasteiger partial charge in [-0.15, -0.1) is 6.07 Å². The normalized spacial score (nSPS) is 8.25. The van der Waals surface area contributed by atoms with Crippen LogP contribution in [0.1, 0.15) is 0 Å². The van der Waals surface area contributed by atoms with Crippen LogP contribution in [0.25, 0.3) is 0 Å². The van der Waals surface area contributed by atoms with Crippen LogP contribution in [0.5, 0.6) is 5.88 Å². The molecule has 0 saturated heterocycles. The molecule has 0 fully saturated rings. The number of rotatable bonds is 2. The predicted octanol–water partition coefficient (Wildman–Crippen LogP) is -1.89. The molecule has 2 nitrogen and oxygen atoms in total. The minimum atomic E-state index is -2.82. The van der Waals surface area contributed by atoms with Gasteiger partial charge in [-0.1, -0.05) is 6.20 Å². The van der Waals surface area contributed by atoms with Gasteiger partial charge in [-0.25, -0.2) is 0 Å². The van der Waals surface area contributed by atoms with Gasteiger partial charge in [0.25, 0.3) is 0 Å². The third kappa shape index (κ3) is 5.51. The Hall–Kier alpha value is -0.134. The van der Waals surface area contributed by atoms with Gasteiger partial charge in [0, 0.05) is 0 Å². The number of ether oxygens (including phenoxy) is 1. The Morgan fingerprint density at radius 1 is 1.50 bits per heavy atom. The molecule has 0 unspecified atom stereocenters. The first-order valence-corrected chi connectivity index (χ1v) is 2.56. The maximum atomic E-state index is 11.4. The van der Waals surface area contributed by atoms with Gasteiger partial charge in [-0.05, 0) is 0 Å². The molecular formula is C6H4ClF2MgNO. The van der Waals surface area contributed by atoms with Crippen molar-refractivity contribution in [1.29, 1.82) is 0 Å². The van der Waals surface area contributed by atoms with Crippen molar-refractivity contribution in [2.75, 3.05) is 0 Å². The van der Waals surface area contributed by atoms with Crippen LogP contribution in [0.4, 0.5) is 8.78 Å². The van der Waals surface area contributed by atoms with Crippen molar-refractivity contribution in [1.82, 2.24) is 4.98 Å². The van der Waals surface area contributed by atoms with Crippen LogP contribution in [0.2, 0.25) is 0 Å². The summed E-state index contributed by atoms with van der Waals surface area (Å²) in [7, 11) is 0. The largest absolute Gasteiger partial charge is 2.00 e. The molecular weight excluding hydrogens is 200 g/mol. The van der Waals surface area contributed by atoms with Gasteiger partial charge < -0.3 is 22.1 Å². The maximum absolute atomic E-state index is 11.4. The van der Waals surface area contributed by atoms with E-state index in [1.54, 1.807) is 0 Å². The summed E-state index contributed by atoms with van der Waals surface area (Å²) in [5.74, 6) is -0.113. The van der Waals surface area contributed by atoms with Crippen molar-refractivity contribution >= 4 is 23.1 Å². The van der Waals surface area contributed by atoms with E-state index in [1.165, 1.54) is 18.3 Å². The molecule has 0 aromatic carbocycles. The molecule has 0 N–H and O–H groups in total. The molecule has 0 aliphatic heterocycles. The zero-order valence-corrected chi connectivity index (χ0v) is 8.18. The zero-order chi connectivity index (χ0) is 7.40. The molecule has 62 valence electrons. The zero-order valence-electron chi connectivity index (χ0n) is 6.01. The maximum Gasteiger partial charge on any atom is 2.00 e. The van der Waals surface area contributed by atoms with Crippen LogP contribution in [-0.4, -0.2) is 34.6 Å². The molecule has 0 atom stereocenters. The fourth-order valence-electron chi connectivity index (χ4n) is 0.466. The van der Waals surface area contributed by atoms with Gasteiger partial charge >= 0.3 is 29.7 Å². The first-order valence-electron chi connectivity index (χ1n) is 2.56. The van der Waals surface area contributed by atoms with Gasteiger partial charge in [0.1, 0.15) is 5.88 Å². The minimum Gasteiger partial charge on any atom is -1.00 e. The second-order valence-electron chi connectivity index (χ2n) is 1.47. The summed E-state index contributed by atoms with van der Waals surface area (Å²) in [6.07, 6.45) is 1.33. The average Bonchev–Trinajstić information content (AvgIpc) is 1.88. The summed E-state index contributed by atoms with van der Waals surface area (Å²) in [6, 6.07) is 5.29. The number of alkyl halides is 2. The van der Waals surface area contributed by atoms with E-state index in [9.17, 15) is 8.78 Å². The monoisotopic (exact) mass is 203 g/mol. The first-order chi connectivity index (χ1) is 4.79. The van der Waals surface area contributed by atoms with Crippen molar-refractivity contribution in [3.05, 3.63) is 24.4 Å². The van der Waals surface area contributed by atoms with Gasteiger partial charge in [0.15, 0.2) is 0 Å². The number of nitrogens with zero attached hydrogens (tertiary/aromatic N) is 1. The summed E-state index contributed by atoms with van der Waals surface area (Å²) in [6.45, 7) is -2.82. The number of hydrogen-bond donors (Lipinski definition) is 0. The van der Waals surface area contributed by atoms with Crippen LogP contribution in [0.15, 0.2) is 18.3 Å². The fraction of sp³-hybridized carbons (Fsp3) is 0.167. The van der Waals surface area contributed by atoms with Crippen molar-refractivity contribution in [2.24, 2.45) is 0 Å². The molecule has 1 heterocycles. The third-order valence-corrected chi connectivity index (χ3v) is 0.789. The van der Waals surface area contributed by atoms with Gasteiger partial charge in [-0.3, -0.25) is 0 Å². The number of pyridine rings is 1. The molecule has 0 bridgehead atoms. The summed E-state index contributed by atoms with van der Waals surface area (Å²) >= 11 is 0. The smallest absolute Gasteiger partial charge is 1.00 e. The van der Waals surface area contributed by atoms with E-state index in [1.807, 2.05) is 0 Å². The first kappa shape index (κ1) is 14.4. The Balaban J connectivity index is 0. The molecule has 6 heteroatoms. The van der Waals surface area contributed by atoms with Crippen molar-refractivity contribution in [3.8, 4) is 5.88 Å². The number of halogens is 3. The van der Waals surface area contributed by atoms with E-state index in [0.29, 0.717) is 0 Å². The molecule has 1 aromatic heterocycles. The van der Waals surface area contributed by atoms with Crippen molar-refractivity contribution in [3.63, 3.8) is 0 Å². The van der Waals surface area contributed by atoms with Gasteiger partial charge in [0.2, 0.25) is 0 Å². The average molecular weight is 204 g/mol. The molecule has 0 amide bonds. The molecule has 0 radical (unpaired) electrons. The van der Waals surface area contributed by atoms with Crippen molar-refractivity contribution < 1.29 is 25.9 Å². The number of hydrogen-bond acceptors (Lipinski definition) is 2. The fourth-order valence-corrected chi connectivity index (χ4v) is 0.466. The van der Waals surface area contributed by atoms with Crippen molar-refractivity contribution in [2.45, 2.75) is 6.61 Å². The predicted molar refractivity (Wildman–Crippen MR) is 35.5 cm³/mol. The molecule has 0 saturated carbocycles. The van der Waals surface area contributed by atoms with Crippen LogP contribution in [-0.2, 0) is 0 Å². The van der Waals surface area contributed by atoms with Crippen LogP contribution in [0.3, 0.4) is 0 Å². The molecule has 0 aliphatic rings. The molecule has 1 aromatic rings. The van der Waals surface area contributed by atoms with E-state index in [2.05, 4.69) is 15.8 Å². The Morgan fingerprint density at radius 2 is 2.17 bits per heavy atom. The van der Waals surface area contributed by atoms with Crippen LogP contribution < -0.4 is 17.1 Å². The molecule has 12 heavy (non-hydrogen) atoms. The van der Waals surface area contributed by atoms with E-state index >= 15 is 0 Å². The molecule has 0 aliphatic carbocycles. The Morgan fingerprint density at radius 3 is 2.58 bits per heavy atom. The van der Waals surface area contributed by atoms with E-state index in [4.69, 9.17) is 0 Å².